The second-order valence-electron chi connectivity index (χ2n) is 6.32. The molecule has 0 heterocycles. The van der Waals surface area contributed by atoms with Gasteiger partial charge in [-0.2, -0.15) is 0 Å². The van der Waals surface area contributed by atoms with Crippen LogP contribution in [0.4, 0.5) is 5.69 Å². The zero-order chi connectivity index (χ0) is 19.1. The van der Waals surface area contributed by atoms with Gasteiger partial charge in [-0.3, -0.25) is 14.9 Å². The number of amides is 1. The van der Waals surface area contributed by atoms with Crippen LogP contribution in [0.25, 0.3) is 0 Å². The van der Waals surface area contributed by atoms with Crippen LogP contribution < -0.4 is 10.1 Å². The van der Waals surface area contributed by atoms with Crippen molar-refractivity contribution in [1.82, 2.24) is 5.32 Å². The summed E-state index contributed by atoms with van der Waals surface area (Å²) in [5.74, 6) is 0.0530. The Balaban J connectivity index is 2.04. The zero-order valence-electron chi connectivity index (χ0n) is 14.6. The maximum absolute atomic E-state index is 12.3. The normalized spacial score (nSPS) is 11.8. The van der Waals surface area contributed by atoms with Crippen LogP contribution in [0.15, 0.2) is 48.5 Å². The zero-order valence-corrected chi connectivity index (χ0v) is 15.4. The highest BCUT2D eigenvalue weighted by molar-refractivity contribution is 6.30. The van der Waals surface area contributed by atoms with Crippen LogP contribution in [-0.2, 0) is 4.79 Å². The lowest BCUT2D eigenvalue weighted by Crippen LogP contribution is -2.33. The molecule has 0 saturated carbocycles. The molecular weight excluding hydrogens is 356 g/mol. The van der Waals surface area contributed by atoms with Crippen LogP contribution in [0, 0.1) is 16.0 Å². The van der Waals surface area contributed by atoms with Gasteiger partial charge in [0.15, 0.2) is 12.4 Å². The van der Waals surface area contributed by atoms with Crippen LogP contribution in [-0.4, -0.2) is 17.4 Å². The summed E-state index contributed by atoms with van der Waals surface area (Å²) in [6, 6.07) is 13.6. The number of hydrogen-bond donors (Lipinski definition) is 1. The van der Waals surface area contributed by atoms with Crippen LogP contribution in [0.1, 0.15) is 31.9 Å². The van der Waals surface area contributed by atoms with E-state index < -0.39 is 4.92 Å². The van der Waals surface area contributed by atoms with Crippen molar-refractivity contribution in [3.8, 4) is 5.75 Å². The molecule has 6 nitrogen and oxygen atoms in total. The first kappa shape index (κ1) is 19.7. The van der Waals surface area contributed by atoms with E-state index in [0.717, 1.165) is 12.0 Å². The molecule has 7 heteroatoms. The third-order valence-corrected chi connectivity index (χ3v) is 3.96. The number of nitro groups is 1. The van der Waals surface area contributed by atoms with E-state index in [4.69, 9.17) is 16.3 Å². The van der Waals surface area contributed by atoms with Gasteiger partial charge in [0.05, 0.1) is 11.0 Å². The molecule has 2 aromatic carbocycles. The maximum atomic E-state index is 12.3. The van der Waals surface area contributed by atoms with Crippen molar-refractivity contribution in [2.45, 2.75) is 26.3 Å². The van der Waals surface area contributed by atoms with Gasteiger partial charge < -0.3 is 10.1 Å². The minimum atomic E-state index is -0.593. The monoisotopic (exact) mass is 376 g/mol. The van der Waals surface area contributed by atoms with Crippen molar-refractivity contribution < 1.29 is 14.5 Å². The third kappa shape index (κ3) is 5.74. The van der Waals surface area contributed by atoms with Crippen molar-refractivity contribution in [3.05, 3.63) is 69.2 Å². The molecule has 2 rings (SSSR count). The SMILES string of the molecule is CC(C)C[C@H](NC(=O)COc1ccc(Cl)cc1[N+](=O)[O-])c1ccccc1. The van der Waals surface area contributed by atoms with Crippen molar-refractivity contribution in [1.29, 1.82) is 0 Å². The molecule has 2 aromatic rings. The summed E-state index contributed by atoms with van der Waals surface area (Å²) < 4.78 is 5.34. The lowest BCUT2D eigenvalue weighted by molar-refractivity contribution is -0.385. The minimum Gasteiger partial charge on any atom is -0.477 e. The highest BCUT2D eigenvalue weighted by Gasteiger charge is 2.19. The van der Waals surface area contributed by atoms with E-state index in [0.29, 0.717) is 5.92 Å². The number of nitro benzene ring substituents is 1. The number of nitrogens with zero attached hydrogens (tertiary/aromatic N) is 1. The Morgan fingerprint density at radius 3 is 2.54 bits per heavy atom. The summed E-state index contributed by atoms with van der Waals surface area (Å²) in [4.78, 5) is 22.8. The van der Waals surface area contributed by atoms with Gasteiger partial charge in [0.2, 0.25) is 0 Å². The fourth-order valence-electron chi connectivity index (χ4n) is 2.57. The molecule has 0 aliphatic carbocycles. The summed E-state index contributed by atoms with van der Waals surface area (Å²) in [7, 11) is 0. The second kappa shape index (κ2) is 9.20. The molecule has 0 unspecified atom stereocenters. The molecule has 1 amide bonds. The fraction of sp³-hybridized carbons (Fsp3) is 0.316. The first-order chi connectivity index (χ1) is 12.4. The number of carbonyl (C=O) groups excluding carboxylic acids is 1. The maximum Gasteiger partial charge on any atom is 0.312 e. The lowest BCUT2D eigenvalue weighted by atomic mass is 9.97. The van der Waals surface area contributed by atoms with Crippen LogP contribution in [0.3, 0.4) is 0 Å². The highest BCUT2D eigenvalue weighted by atomic mass is 35.5. The number of carbonyl (C=O) groups is 1. The predicted octanol–water partition coefficient (Wildman–Crippen LogP) is 4.53. The van der Waals surface area contributed by atoms with E-state index >= 15 is 0 Å². The van der Waals surface area contributed by atoms with Gasteiger partial charge in [-0.05, 0) is 30.0 Å². The Labute approximate surface area is 157 Å². The molecular formula is C19H21ClN2O4. The van der Waals surface area contributed by atoms with Crippen LogP contribution in [0.5, 0.6) is 5.75 Å². The molecule has 0 radical (unpaired) electrons. The Hall–Kier alpha value is -2.60. The van der Waals surface area contributed by atoms with E-state index in [1.165, 1.54) is 18.2 Å². The average Bonchev–Trinajstić information content (AvgIpc) is 2.60. The summed E-state index contributed by atoms with van der Waals surface area (Å²) >= 11 is 5.77. The third-order valence-electron chi connectivity index (χ3n) is 3.72. The average molecular weight is 377 g/mol. The molecule has 0 saturated heterocycles. The molecule has 26 heavy (non-hydrogen) atoms. The summed E-state index contributed by atoms with van der Waals surface area (Å²) in [6.45, 7) is 3.84. The minimum absolute atomic E-state index is 0.00895. The number of ether oxygens (including phenoxy) is 1. The topological polar surface area (TPSA) is 81.5 Å². The van der Waals surface area contributed by atoms with Crippen LogP contribution >= 0.6 is 11.6 Å². The Bertz CT molecular complexity index is 765. The van der Waals surface area contributed by atoms with Gasteiger partial charge in [0, 0.05) is 11.1 Å². The second-order valence-corrected chi connectivity index (χ2v) is 6.75. The molecule has 0 aromatic heterocycles. The Morgan fingerprint density at radius 1 is 1.23 bits per heavy atom. The molecule has 0 aliphatic rings. The van der Waals surface area contributed by atoms with Gasteiger partial charge in [-0.15, -0.1) is 0 Å². The summed E-state index contributed by atoms with van der Waals surface area (Å²) in [5, 5.41) is 14.2. The quantitative estimate of drug-likeness (QED) is 0.542. The predicted molar refractivity (Wildman–Crippen MR) is 100 cm³/mol. The lowest BCUT2D eigenvalue weighted by Gasteiger charge is -2.21. The van der Waals surface area contributed by atoms with Crippen molar-refractivity contribution in [3.63, 3.8) is 0 Å². The van der Waals surface area contributed by atoms with E-state index in [1.54, 1.807) is 0 Å². The summed E-state index contributed by atoms with van der Waals surface area (Å²) in [6.07, 6.45) is 0.775. The van der Waals surface area contributed by atoms with E-state index in [-0.39, 0.29) is 35.0 Å². The molecule has 0 aliphatic heterocycles. The fourth-order valence-corrected chi connectivity index (χ4v) is 2.74. The smallest absolute Gasteiger partial charge is 0.312 e. The largest absolute Gasteiger partial charge is 0.477 e. The summed E-state index contributed by atoms with van der Waals surface area (Å²) in [5.41, 5.74) is 0.735. The molecule has 0 bridgehead atoms. The first-order valence-electron chi connectivity index (χ1n) is 8.28. The number of benzene rings is 2. The highest BCUT2D eigenvalue weighted by Crippen LogP contribution is 2.30. The molecule has 138 valence electrons. The van der Waals surface area contributed by atoms with Gasteiger partial charge in [-0.25, -0.2) is 0 Å². The van der Waals surface area contributed by atoms with Crippen LogP contribution in [0.2, 0.25) is 5.02 Å². The molecule has 1 N–H and O–H groups in total. The van der Waals surface area contributed by atoms with Crippen molar-refractivity contribution in [2.24, 2.45) is 5.92 Å². The van der Waals surface area contributed by atoms with E-state index in [1.807, 2.05) is 30.3 Å². The van der Waals surface area contributed by atoms with Gasteiger partial charge in [0.1, 0.15) is 0 Å². The first-order valence-corrected chi connectivity index (χ1v) is 8.65. The number of nitrogens with one attached hydrogen (secondary N) is 1. The molecule has 0 spiro atoms. The van der Waals surface area contributed by atoms with Gasteiger partial charge in [0.25, 0.3) is 5.91 Å². The molecule has 0 fully saturated rings. The van der Waals surface area contributed by atoms with Crippen molar-refractivity contribution in [2.75, 3.05) is 6.61 Å². The standard InChI is InChI=1S/C19H21ClN2O4/c1-13(2)10-16(14-6-4-3-5-7-14)21-19(23)12-26-18-9-8-15(20)11-17(18)22(24)25/h3-9,11,13,16H,10,12H2,1-2H3,(H,21,23)/t16-/m0/s1. The van der Waals surface area contributed by atoms with Crippen molar-refractivity contribution >= 4 is 23.2 Å². The van der Waals surface area contributed by atoms with E-state index in [9.17, 15) is 14.9 Å². The van der Waals surface area contributed by atoms with E-state index in [2.05, 4.69) is 19.2 Å². The molecule has 1 atom stereocenters. The number of halogens is 1. The Morgan fingerprint density at radius 2 is 1.92 bits per heavy atom. The number of hydrogen-bond acceptors (Lipinski definition) is 4. The number of rotatable bonds is 8. The van der Waals surface area contributed by atoms with Gasteiger partial charge >= 0.3 is 5.69 Å². The Kier molecular flexibility index (Phi) is 6.97. The van der Waals surface area contributed by atoms with Gasteiger partial charge in [-0.1, -0.05) is 55.8 Å².